The summed E-state index contributed by atoms with van der Waals surface area (Å²) in [6, 6.07) is -0.380. The number of ketones is 1. The van der Waals surface area contributed by atoms with E-state index in [1.165, 1.54) is 6.08 Å². The number of hydrogen-bond acceptors (Lipinski definition) is 3. The van der Waals surface area contributed by atoms with Gasteiger partial charge in [0.25, 0.3) is 0 Å². The molecule has 0 aliphatic heterocycles. The number of allylic oxidation sites excluding steroid dienone is 2. The van der Waals surface area contributed by atoms with Crippen molar-refractivity contribution in [2.75, 3.05) is 0 Å². The molecule has 0 spiro atoms. The van der Waals surface area contributed by atoms with Gasteiger partial charge < -0.3 is 10.1 Å². The molecule has 0 saturated heterocycles. The van der Waals surface area contributed by atoms with Gasteiger partial charge in [-0.1, -0.05) is 26.0 Å². The van der Waals surface area contributed by atoms with E-state index in [4.69, 9.17) is 4.74 Å². The van der Waals surface area contributed by atoms with E-state index >= 15 is 0 Å². The molecule has 0 heterocycles. The number of alkyl carbamates (subject to hydrolysis) is 1. The Kier molecular flexibility index (Phi) is 4.33. The average molecular weight is 251 g/mol. The lowest BCUT2D eigenvalue weighted by molar-refractivity contribution is -0.111. The first-order valence-corrected chi connectivity index (χ1v) is 6.13. The number of amides is 1. The highest BCUT2D eigenvalue weighted by Gasteiger charge is 2.26. The van der Waals surface area contributed by atoms with Crippen LogP contribution in [-0.4, -0.2) is 23.5 Å². The Hall–Kier alpha value is -1.58. The van der Waals surface area contributed by atoms with E-state index in [2.05, 4.69) is 5.32 Å². The van der Waals surface area contributed by atoms with Gasteiger partial charge in [0.1, 0.15) is 5.60 Å². The van der Waals surface area contributed by atoms with Crippen LogP contribution in [0.2, 0.25) is 0 Å². The van der Waals surface area contributed by atoms with Crippen LogP contribution in [0.15, 0.2) is 23.8 Å². The van der Waals surface area contributed by atoms with Gasteiger partial charge in [-0.25, -0.2) is 4.79 Å². The van der Waals surface area contributed by atoms with Gasteiger partial charge >= 0.3 is 6.09 Å². The fraction of sp³-hybridized carbons (Fsp3) is 0.571. The molecule has 18 heavy (non-hydrogen) atoms. The van der Waals surface area contributed by atoms with Crippen LogP contribution in [0.25, 0.3) is 0 Å². The summed E-state index contributed by atoms with van der Waals surface area (Å²) in [6.45, 7) is 9.37. The molecule has 0 fully saturated rings. The molecule has 100 valence electrons. The van der Waals surface area contributed by atoms with Crippen molar-refractivity contribution in [3.8, 4) is 0 Å². The molecule has 4 nitrogen and oxygen atoms in total. The summed E-state index contributed by atoms with van der Waals surface area (Å²) in [5.74, 6) is 0.205. The summed E-state index contributed by atoms with van der Waals surface area (Å²) in [4.78, 5) is 23.3. The predicted octanol–water partition coefficient (Wildman–Crippen LogP) is 2.60. The minimum absolute atomic E-state index is 0.0511. The largest absolute Gasteiger partial charge is 0.444 e. The van der Waals surface area contributed by atoms with E-state index in [0.29, 0.717) is 5.57 Å². The average Bonchev–Trinajstić information content (AvgIpc) is 2.46. The summed E-state index contributed by atoms with van der Waals surface area (Å²) in [5.41, 5.74) is 0.0640. The van der Waals surface area contributed by atoms with Crippen LogP contribution in [-0.2, 0) is 9.53 Å². The Bertz CT molecular complexity index is 400. The molecule has 0 aromatic heterocycles. The first-order valence-electron chi connectivity index (χ1n) is 6.13. The fourth-order valence-electron chi connectivity index (χ4n) is 1.64. The third-order valence-corrected chi connectivity index (χ3v) is 2.24. The molecule has 1 atom stereocenters. The van der Waals surface area contributed by atoms with Gasteiger partial charge in [0, 0.05) is 5.57 Å². The SMILES string of the molecule is CC(C)/C=C1/C(=O)C=C[C@H]1NC(=O)OC(C)(C)C. The zero-order valence-corrected chi connectivity index (χ0v) is 11.6. The van der Waals surface area contributed by atoms with Gasteiger partial charge in [-0.15, -0.1) is 0 Å². The second-order valence-electron chi connectivity index (χ2n) is 5.71. The Morgan fingerprint density at radius 3 is 2.56 bits per heavy atom. The second kappa shape index (κ2) is 5.38. The third-order valence-electron chi connectivity index (χ3n) is 2.24. The van der Waals surface area contributed by atoms with Crippen molar-refractivity contribution in [2.24, 2.45) is 5.92 Å². The lowest BCUT2D eigenvalue weighted by Crippen LogP contribution is -2.38. The summed E-state index contributed by atoms with van der Waals surface area (Å²) in [6.07, 6.45) is 4.52. The molecule has 0 radical (unpaired) electrons. The maximum Gasteiger partial charge on any atom is 0.408 e. The Labute approximate surface area is 108 Å². The highest BCUT2D eigenvalue weighted by Crippen LogP contribution is 2.17. The van der Waals surface area contributed by atoms with E-state index in [0.717, 1.165) is 0 Å². The molecule has 0 bridgehead atoms. The maximum absolute atomic E-state index is 11.6. The summed E-state index contributed by atoms with van der Waals surface area (Å²) >= 11 is 0. The van der Waals surface area contributed by atoms with Crippen LogP contribution < -0.4 is 5.32 Å². The fourth-order valence-corrected chi connectivity index (χ4v) is 1.64. The minimum Gasteiger partial charge on any atom is -0.444 e. The topological polar surface area (TPSA) is 55.4 Å². The number of rotatable bonds is 2. The molecular formula is C14H21NO3. The number of carbonyl (C=O) groups is 2. The molecule has 1 aliphatic rings. The molecule has 0 unspecified atom stereocenters. The Morgan fingerprint density at radius 1 is 1.44 bits per heavy atom. The van der Waals surface area contributed by atoms with Gasteiger partial charge in [0.15, 0.2) is 5.78 Å². The van der Waals surface area contributed by atoms with Gasteiger partial charge in [-0.2, -0.15) is 0 Å². The smallest absolute Gasteiger partial charge is 0.408 e. The number of ether oxygens (including phenoxy) is 1. The highest BCUT2D eigenvalue weighted by atomic mass is 16.6. The lowest BCUT2D eigenvalue weighted by Gasteiger charge is -2.21. The van der Waals surface area contributed by atoms with E-state index < -0.39 is 11.7 Å². The minimum atomic E-state index is -0.543. The van der Waals surface area contributed by atoms with Crippen molar-refractivity contribution < 1.29 is 14.3 Å². The number of nitrogens with one attached hydrogen (secondary N) is 1. The van der Waals surface area contributed by atoms with Crippen LogP contribution >= 0.6 is 0 Å². The zero-order chi connectivity index (χ0) is 13.9. The molecule has 1 aliphatic carbocycles. The van der Waals surface area contributed by atoms with Crippen LogP contribution in [0.5, 0.6) is 0 Å². The van der Waals surface area contributed by atoms with E-state index in [-0.39, 0.29) is 17.7 Å². The van der Waals surface area contributed by atoms with E-state index in [1.807, 2.05) is 19.9 Å². The number of carbonyl (C=O) groups excluding carboxylic acids is 2. The van der Waals surface area contributed by atoms with Crippen LogP contribution in [0.1, 0.15) is 34.6 Å². The molecule has 0 aromatic rings. The molecule has 1 amide bonds. The number of hydrogen-bond donors (Lipinski definition) is 1. The monoisotopic (exact) mass is 251 g/mol. The normalized spacial score (nSPS) is 21.8. The standard InChI is InChI=1S/C14H21NO3/c1-9(2)8-10-11(6-7-12(10)16)15-13(17)18-14(3,4)5/h6-9,11H,1-5H3,(H,15,17)/b10-8+/t11-/m1/s1. The van der Waals surface area contributed by atoms with Crippen molar-refractivity contribution in [2.45, 2.75) is 46.3 Å². The van der Waals surface area contributed by atoms with Crippen molar-refractivity contribution >= 4 is 11.9 Å². The van der Waals surface area contributed by atoms with Gasteiger partial charge in [-0.05, 0) is 32.8 Å². The summed E-state index contributed by atoms with van der Waals surface area (Å²) < 4.78 is 5.17. The predicted molar refractivity (Wildman–Crippen MR) is 70.2 cm³/mol. The van der Waals surface area contributed by atoms with Gasteiger partial charge in [-0.3, -0.25) is 4.79 Å². The third kappa shape index (κ3) is 4.35. The molecule has 0 saturated carbocycles. The maximum atomic E-state index is 11.6. The zero-order valence-electron chi connectivity index (χ0n) is 11.6. The van der Waals surface area contributed by atoms with Gasteiger partial charge in [0.05, 0.1) is 6.04 Å². The quantitative estimate of drug-likeness (QED) is 0.767. The van der Waals surface area contributed by atoms with Crippen molar-refractivity contribution in [1.82, 2.24) is 5.32 Å². The molecule has 1 N–H and O–H groups in total. The van der Waals surface area contributed by atoms with Gasteiger partial charge in [0.2, 0.25) is 0 Å². The van der Waals surface area contributed by atoms with Crippen LogP contribution in [0, 0.1) is 5.92 Å². The summed E-state index contributed by atoms with van der Waals surface area (Å²) in [5, 5.41) is 2.68. The molecule has 1 rings (SSSR count). The Morgan fingerprint density at radius 2 is 2.06 bits per heavy atom. The molecule has 0 aromatic carbocycles. The first kappa shape index (κ1) is 14.5. The molecule has 4 heteroatoms. The van der Waals surface area contributed by atoms with Crippen LogP contribution in [0.3, 0.4) is 0 Å². The lowest BCUT2D eigenvalue weighted by atomic mass is 10.0. The molecular weight excluding hydrogens is 230 g/mol. The van der Waals surface area contributed by atoms with E-state index in [1.54, 1.807) is 26.8 Å². The van der Waals surface area contributed by atoms with E-state index in [9.17, 15) is 9.59 Å². The first-order chi connectivity index (χ1) is 8.19. The van der Waals surface area contributed by atoms with Crippen molar-refractivity contribution in [3.63, 3.8) is 0 Å². The Balaban J connectivity index is 2.70. The van der Waals surface area contributed by atoms with Crippen molar-refractivity contribution in [1.29, 1.82) is 0 Å². The summed E-state index contributed by atoms with van der Waals surface area (Å²) in [7, 11) is 0. The highest BCUT2D eigenvalue weighted by molar-refractivity contribution is 6.08. The second-order valence-corrected chi connectivity index (χ2v) is 5.71. The van der Waals surface area contributed by atoms with Crippen molar-refractivity contribution in [3.05, 3.63) is 23.8 Å². The van der Waals surface area contributed by atoms with Crippen LogP contribution in [0.4, 0.5) is 4.79 Å².